The van der Waals surface area contributed by atoms with Gasteiger partial charge in [0, 0.05) is 6.54 Å². The number of ether oxygens (including phenoxy) is 1. The number of rotatable bonds is 8. The predicted molar refractivity (Wildman–Crippen MR) is 76.4 cm³/mol. The molecule has 4 nitrogen and oxygen atoms in total. The highest BCUT2D eigenvalue weighted by molar-refractivity contribution is 5.76. The SMILES string of the molecule is CCCCCN(N)C(Cc1ccccc1)C(=O)OC. The molecule has 1 aromatic carbocycles. The van der Waals surface area contributed by atoms with Crippen LogP contribution in [0.2, 0.25) is 0 Å². The van der Waals surface area contributed by atoms with Gasteiger partial charge in [-0.2, -0.15) is 0 Å². The molecule has 0 saturated heterocycles. The molecule has 2 N–H and O–H groups in total. The Kier molecular flexibility index (Phi) is 7.15. The molecule has 0 fully saturated rings. The number of methoxy groups -OCH3 is 1. The van der Waals surface area contributed by atoms with Crippen molar-refractivity contribution in [1.29, 1.82) is 0 Å². The maximum atomic E-state index is 11.8. The largest absolute Gasteiger partial charge is 0.468 e. The van der Waals surface area contributed by atoms with Gasteiger partial charge in [-0.15, -0.1) is 0 Å². The Bertz CT molecular complexity index is 368. The summed E-state index contributed by atoms with van der Waals surface area (Å²) < 4.78 is 4.85. The van der Waals surface area contributed by atoms with Crippen LogP contribution >= 0.6 is 0 Å². The molecule has 0 aliphatic rings. The van der Waals surface area contributed by atoms with E-state index in [1.165, 1.54) is 7.11 Å². The molecule has 0 bridgehead atoms. The number of carbonyl (C=O) groups is 1. The van der Waals surface area contributed by atoms with E-state index in [4.69, 9.17) is 10.6 Å². The molecule has 4 heteroatoms. The van der Waals surface area contributed by atoms with Crippen LogP contribution in [0.15, 0.2) is 30.3 Å². The minimum Gasteiger partial charge on any atom is -0.468 e. The van der Waals surface area contributed by atoms with Gasteiger partial charge in [0.05, 0.1) is 7.11 Å². The van der Waals surface area contributed by atoms with Gasteiger partial charge in [-0.1, -0.05) is 50.1 Å². The fourth-order valence-corrected chi connectivity index (χ4v) is 2.01. The summed E-state index contributed by atoms with van der Waals surface area (Å²) in [5.41, 5.74) is 1.09. The molecule has 0 saturated carbocycles. The Morgan fingerprint density at radius 1 is 1.32 bits per heavy atom. The molecule has 0 spiro atoms. The van der Waals surface area contributed by atoms with Crippen LogP contribution in [0.1, 0.15) is 31.7 Å². The van der Waals surface area contributed by atoms with Gasteiger partial charge in [-0.3, -0.25) is 10.6 Å². The van der Waals surface area contributed by atoms with Crippen molar-refractivity contribution >= 4 is 5.97 Å². The lowest BCUT2D eigenvalue weighted by Crippen LogP contribution is -2.48. The Balaban J connectivity index is 2.63. The van der Waals surface area contributed by atoms with Crippen molar-refractivity contribution in [2.24, 2.45) is 5.84 Å². The van der Waals surface area contributed by atoms with Gasteiger partial charge in [0.25, 0.3) is 0 Å². The Labute approximate surface area is 115 Å². The third-order valence-corrected chi connectivity index (χ3v) is 3.17. The Hall–Kier alpha value is -1.39. The van der Waals surface area contributed by atoms with Crippen molar-refractivity contribution in [3.05, 3.63) is 35.9 Å². The highest BCUT2D eigenvalue weighted by atomic mass is 16.5. The highest BCUT2D eigenvalue weighted by Gasteiger charge is 2.24. The van der Waals surface area contributed by atoms with Crippen molar-refractivity contribution in [3.8, 4) is 0 Å². The summed E-state index contributed by atoms with van der Waals surface area (Å²) in [5, 5.41) is 1.61. The molecule has 1 atom stereocenters. The van der Waals surface area contributed by atoms with Crippen LogP contribution in [0.4, 0.5) is 0 Å². The third kappa shape index (κ3) is 5.41. The smallest absolute Gasteiger partial charge is 0.324 e. The van der Waals surface area contributed by atoms with Gasteiger partial charge < -0.3 is 4.74 Å². The summed E-state index contributed by atoms with van der Waals surface area (Å²) in [6.45, 7) is 2.85. The van der Waals surface area contributed by atoms with Gasteiger partial charge in [0.1, 0.15) is 6.04 Å². The summed E-state index contributed by atoms with van der Waals surface area (Å²) in [6.07, 6.45) is 3.83. The topological polar surface area (TPSA) is 55.6 Å². The number of esters is 1. The quantitative estimate of drug-likeness (QED) is 0.338. The lowest BCUT2D eigenvalue weighted by Gasteiger charge is -2.25. The normalized spacial score (nSPS) is 12.4. The molecule has 0 aliphatic carbocycles. The Morgan fingerprint density at radius 2 is 2.00 bits per heavy atom. The molecular formula is C15H24N2O2. The zero-order valence-corrected chi connectivity index (χ0v) is 11.8. The first kappa shape index (κ1) is 15.7. The van der Waals surface area contributed by atoms with Gasteiger partial charge in [0.15, 0.2) is 0 Å². The number of nitrogens with zero attached hydrogens (tertiary/aromatic N) is 1. The molecular weight excluding hydrogens is 240 g/mol. The van der Waals surface area contributed by atoms with Gasteiger partial charge in [-0.05, 0) is 18.4 Å². The maximum absolute atomic E-state index is 11.8. The summed E-state index contributed by atoms with van der Waals surface area (Å²) in [4.78, 5) is 11.8. The second-order valence-corrected chi connectivity index (χ2v) is 4.67. The molecule has 19 heavy (non-hydrogen) atoms. The summed E-state index contributed by atoms with van der Waals surface area (Å²) in [7, 11) is 1.40. The van der Waals surface area contributed by atoms with Crippen LogP contribution < -0.4 is 5.84 Å². The van der Waals surface area contributed by atoms with E-state index >= 15 is 0 Å². The molecule has 106 valence electrons. The number of hydrazine groups is 1. The molecule has 0 amide bonds. The van der Waals surface area contributed by atoms with E-state index in [2.05, 4.69) is 6.92 Å². The standard InChI is InChI=1S/C15H24N2O2/c1-3-4-8-11-17(16)14(15(18)19-2)12-13-9-6-5-7-10-13/h5-7,9-10,14H,3-4,8,11-12,16H2,1-2H3. The van der Waals surface area contributed by atoms with Crippen LogP contribution in [-0.4, -0.2) is 30.7 Å². The highest BCUT2D eigenvalue weighted by Crippen LogP contribution is 2.09. The van der Waals surface area contributed by atoms with Crippen molar-refractivity contribution < 1.29 is 9.53 Å². The average molecular weight is 264 g/mol. The van der Waals surface area contributed by atoms with Crippen LogP contribution in [0.3, 0.4) is 0 Å². The van der Waals surface area contributed by atoms with E-state index in [0.29, 0.717) is 13.0 Å². The van der Waals surface area contributed by atoms with Crippen molar-refractivity contribution in [2.45, 2.75) is 38.6 Å². The molecule has 0 heterocycles. The van der Waals surface area contributed by atoms with E-state index in [1.807, 2.05) is 30.3 Å². The zero-order valence-electron chi connectivity index (χ0n) is 11.8. The second kappa shape index (κ2) is 8.67. The van der Waals surface area contributed by atoms with Crippen LogP contribution in [-0.2, 0) is 16.0 Å². The van der Waals surface area contributed by atoms with Gasteiger partial charge in [0.2, 0.25) is 0 Å². The lowest BCUT2D eigenvalue weighted by atomic mass is 10.1. The summed E-state index contributed by atoms with van der Waals surface area (Å²) in [5.74, 6) is 5.74. The third-order valence-electron chi connectivity index (χ3n) is 3.17. The fraction of sp³-hybridized carbons (Fsp3) is 0.533. The van der Waals surface area contributed by atoms with E-state index in [-0.39, 0.29) is 5.97 Å². The molecule has 1 rings (SSSR count). The number of carbonyl (C=O) groups excluding carboxylic acids is 1. The van der Waals surface area contributed by atoms with Crippen LogP contribution in [0.25, 0.3) is 0 Å². The zero-order chi connectivity index (χ0) is 14.1. The van der Waals surface area contributed by atoms with E-state index in [1.54, 1.807) is 5.01 Å². The van der Waals surface area contributed by atoms with Gasteiger partial charge in [-0.25, -0.2) is 5.01 Å². The van der Waals surface area contributed by atoms with Crippen LogP contribution in [0, 0.1) is 0 Å². The first-order valence-electron chi connectivity index (χ1n) is 6.82. The lowest BCUT2D eigenvalue weighted by molar-refractivity contribution is -0.147. The molecule has 0 aliphatic heterocycles. The van der Waals surface area contributed by atoms with E-state index < -0.39 is 6.04 Å². The average Bonchev–Trinajstić information content (AvgIpc) is 2.45. The van der Waals surface area contributed by atoms with E-state index in [9.17, 15) is 4.79 Å². The Morgan fingerprint density at radius 3 is 2.58 bits per heavy atom. The number of unbranched alkanes of at least 4 members (excludes halogenated alkanes) is 2. The van der Waals surface area contributed by atoms with Crippen molar-refractivity contribution in [2.75, 3.05) is 13.7 Å². The predicted octanol–water partition coefficient (Wildman–Crippen LogP) is 2.14. The number of nitrogens with two attached hydrogens (primary N) is 1. The number of hydrogen-bond donors (Lipinski definition) is 1. The second-order valence-electron chi connectivity index (χ2n) is 4.67. The van der Waals surface area contributed by atoms with Crippen molar-refractivity contribution in [1.82, 2.24) is 5.01 Å². The number of hydrogen-bond acceptors (Lipinski definition) is 4. The van der Waals surface area contributed by atoms with Crippen LogP contribution in [0.5, 0.6) is 0 Å². The first-order chi connectivity index (χ1) is 9.19. The molecule has 1 unspecified atom stereocenters. The molecule has 0 radical (unpaired) electrons. The number of benzene rings is 1. The molecule has 1 aromatic rings. The summed E-state index contributed by atoms with van der Waals surface area (Å²) >= 11 is 0. The minimum absolute atomic E-state index is 0.275. The molecule has 0 aromatic heterocycles. The monoisotopic (exact) mass is 264 g/mol. The minimum atomic E-state index is -0.413. The van der Waals surface area contributed by atoms with Gasteiger partial charge >= 0.3 is 5.97 Å². The fourth-order valence-electron chi connectivity index (χ4n) is 2.01. The van der Waals surface area contributed by atoms with E-state index in [0.717, 1.165) is 24.8 Å². The van der Waals surface area contributed by atoms with Crippen molar-refractivity contribution in [3.63, 3.8) is 0 Å². The summed E-state index contributed by atoms with van der Waals surface area (Å²) in [6, 6.07) is 9.46. The maximum Gasteiger partial charge on any atom is 0.324 e. The first-order valence-corrected chi connectivity index (χ1v) is 6.82.